The zero-order valence-electron chi connectivity index (χ0n) is 14.2. The molecule has 0 aromatic carbocycles. The van der Waals surface area contributed by atoms with Crippen molar-refractivity contribution in [2.75, 3.05) is 26.2 Å². The van der Waals surface area contributed by atoms with Crippen molar-refractivity contribution >= 4 is 6.03 Å². The molecule has 0 spiro atoms. The molecule has 1 aliphatic carbocycles. The van der Waals surface area contributed by atoms with Gasteiger partial charge in [0.15, 0.2) is 0 Å². The second-order valence-corrected chi connectivity index (χ2v) is 7.48. The van der Waals surface area contributed by atoms with Crippen LogP contribution in [0.15, 0.2) is 11.6 Å². The van der Waals surface area contributed by atoms with Crippen molar-refractivity contribution in [3.8, 4) is 0 Å². The number of hydrogen-bond donors (Lipinski definition) is 1. The summed E-state index contributed by atoms with van der Waals surface area (Å²) in [6.07, 6.45) is 9.70. The van der Waals surface area contributed by atoms with E-state index in [9.17, 15) is 4.79 Å². The minimum absolute atomic E-state index is 0.143. The second-order valence-electron chi connectivity index (χ2n) is 7.48. The number of nitrogens with zero attached hydrogens (tertiary/aromatic N) is 2. The number of piperidine rings is 2. The summed E-state index contributed by atoms with van der Waals surface area (Å²) in [5.41, 5.74) is 1.32. The lowest BCUT2D eigenvalue weighted by atomic mass is 9.84. The summed E-state index contributed by atoms with van der Waals surface area (Å²) < 4.78 is 0. The molecule has 4 heteroatoms. The molecule has 1 N–H and O–H groups in total. The largest absolute Gasteiger partial charge is 0.338 e. The number of urea groups is 1. The van der Waals surface area contributed by atoms with Crippen LogP contribution < -0.4 is 5.32 Å². The Morgan fingerprint density at radius 3 is 2.73 bits per heavy atom. The highest BCUT2D eigenvalue weighted by Gasteiger charge is 2.42. The van der Waals surface area contributed by atoms with Crippen LogP contribution in [0.25, 0.3) is 0 Å². The van der Waals surface area contributed by atoms with Crippen LogP contribution in [-0.2, 0) is 0 Å². The fraction of sp³-hybridized carbons (Fsp3) is 0.833. The molecule has 3 aliphatic rings. The van der Waals surface area contributed by atoms with E-state index in [0.29, 0.717) is 5.92 Å². The summed E-state index contributed by atoms with van der Waals surface area (Å²) in [6.45, 7) is 8.13. The number of allylic oxidation sites excluding steroid dienone is 1. The first-order valence-corrected chi connectivity index (χ1v) is 9.07. The van der Waals surface area contributed by atoms with Crippen LogP contribution in [0.5, 0.6) is 0 Å². The Hall–Kier alpha value is -1.03. The molecule has 2 atom stereocenters. The van der Waals surface area contributed by atoms with Crippen molar-refractivity contribution in [3.05, 3.63) is 11.6 Å². The maximum Gasteiger partial charge on any atom is 0.317 e. The maximum atomic E-state index is 12.3. The lowest BCUT2D eigenvalue weighted by molar-refractivity contribution is 0.0296. The summed E-state index contributed by atoms with van der Waals surface area (Å²) in [5.74, 6) is 0.701. The average molecular weight is 305 g/mol. The molecule has 0 aromatic rings. The van der Waals surface area contributed by atoms with Gasteiger partial charge in [0.05, 0.1) is 0 Å². The molecule has 4 nitrogen and oxygen atoms in total. The molecule has 1 saturated carbocycles. The van der Waals surface area contributed by atoms with E-state index in [-0.39, 0.29) is 6.03 Å². The smallest absolute Gasteiger partial charge is 0.317 e. The summed E-state index contributed by atoms with van der Waals surface area (Å²) in [7, 11) is 0. The predicted octanol–water partition coefficient (Wildman–Crippen LogP) is 3.00. The number of likely N-dealkylation sites (tertiary alicyclic amines) is 2. The van der Waals surface area contributed by atoms with Crippen LogP contribution in [0, 0.1) is 5.92 Å². The quantitative estimate of drug-likeness (QED) is 0.640. The Kier molecular flexibility index (Phi) is 5.07. The van der Waals surface area contributed by atoms with Gasteiger partial charge in [-0.2, -0.15) is 0 Å². The van der Waals surface area contributed by atoms with Crippen molar-refractivity contribution in [3.63, 3.8) is 0 Å². The predicted molar refractivity (Wildman–Crippen MR) is 89.9 cm³/mol. The zero-order chi connectivity index (χ0) is 15.5. The van der Waals surface area contributed by atoms with Gasteiger partial charge in [-0.15, -0.1) is 0 Å². The Bertz CT molecular complexity index is 426. The van der Waals surface area contributed by atoms with Crippen LogP contribution >= 0.6 is 0 Å². The molecule has 124 valence electrons. The normalized spacial score (nSPS) is 28.9. The molecule has 0 unspecified atom stereocenters. The standard InChI is InChI=1S/C18H31N3O/c1-14(2)5-3-10-19-18(22)20-12-9-17-15(13-20)6-4-11-21(17)16-7-8-16/h5,15-17H,3-4,6-13H2,1-2H3,(H,19,22)/t15-,17+/m0/s1. The van der Waals surface area contributed by atoms with Crippen LogP contribution in [0.1, 0.15) is 52.4 Å². The highest BCUT2D eigenvalue weighted by atomic mass is 16.2. The number of rotatable bonds is 4. The van der Waals surface area contributed by atoms with Crippen molar-refractivity contribution in [2.45, 2.75) is 64.5 Å². The van der Waals surface area contributed by atoms with Gasteiger partial charge < -0.3 is 10.2 Å². The monoisotopic (exact) mass is 305 g/mol. The van der Waals surface area contributed by atoms with Crippen molar-refractivity contribution in [1.82, 2.24) is 15.1 Å². The molecule has 2 aliphatic heterocycles. The minimum Gasteiger partial charge on any atom is -0.338 e. The Morgan fingerprint density at radius 2 is 2.00 bits per heavy atom. The first-order valence-electron chi connectivity index (χ1n) is 9.07. The van der Waals surface area contributed by atoms with Gasteiger partial charge in [-0.1, -0.05) is 11.6 Å². The van der Waals surface area contributed by atoms with Gasteiger partial charge in [-0.25, -0.2) is 4.79 Å². The van der Waals surface area contributed by atoms with Gasteiger partial charge in [0, 0.05) is 31.7 Å². The van der Waals surface area contributed by atoms with Crippen molar-refractivity contribution in [1.29, 1.82) is 0 Å². The lowest BCUT2D eigenvalue weighted by Gasteiger charge is -2.47. The third-order valence-corrected chi connectivity index (χ3v) is 5.39. The van der Waals surface area contributed by atoms with Gasteiger partial charge in [-0.3, -0.25) is 4.90 Å². The number of nitrogens with one attached hydrogen (secondary N) is 1. The average Bonchev–Trinajstić information content (AvgIpc) is 3.34. The lowest BCUT2D eigenvalue weighted by Crippen LogP contribution is -2.57. The molecule has 3 rings (SSSR count). The topological polar surface area (TPSA) is 35.6 Å². The van der Waals surface area contributed by atoms with Gasteiger partial charge in [-0.05, 0) is 64.8 Å². The third kappa shape index (κ3) is 3.83. The Morgan fingerprint density at radius 1 is 1.18 bits per heavy atom. The molecule has 0 bridgehead atoms. The molecular weight excluding hydrogens is 274 g/mol. The summed E-state index contributed by atoms with van der Waals surface area (Å²) >= 11 is 0. The molecule has 2 amide bonds. The van der Waals surface area contributed by atoms with Crippen LogP contribution in [-0.4, -0.2) is 54.1 Å². The van der Waals surface area contributed by atoms with Gasteiger partial charge in [0.25, 0.3) is 0 Å². The third-order valence-electron chi connectivity index (χ3n) is 5.39. The summed E-state index contributed by atoms with van der Waals surface area (Å²) in [5, 5.41) is 3.08. The van der Waals surface area contributed by atoms with E-state index in [2.05, 4.69) is 35.0 Å². The molecule has 0 aromatic heterocycles. The van der Waals surface area contributed by atoms with E-state index < -0.39 is 0 Å². The van der Waals surface area contributed by atoms with E-state index >= 15 is 0 Å². The van der Waals surface area contributed by atoms with Crippen LogP contribution in [0.4, 0.5) is 4.79 Å². The van der Waals surface area contributed by atoms with Crippen LogP contribution in [0.2, 0.25) is 0 Å². The number of carbonyl (C=O) groups excluding carboxylic acids is 1. The SMILES string of the molecule is CC(C)=CCCNC(=O)N1CC[C@@H]2[C@@H](CCCN2C2CC2)C1. The summed E-state index contributed by atoms with van der Waals surface area (Å²) in [6, 6.07) is 1.76. The Labute approximate surface area is 134 Å². The number of hydrogen-bond acceptors (Lipinski definition) is 2. The molecule has 3 fully saturated rings. The second kappa shape index (κ2) is 7.03. The fourth-order valence-corrected chi connectivity index (χ4v) is 4.14. The van der Waals surface area contributed by atoms with E-state index in [1.165, 1.54) is 44.2 Å². The first kappa shape index (κ1) is 15.9. The van der Waals surface area contributed by atoms with E-state index in [4.69, 9.17) is 0 Å². The highest BCUT2D eigenvalue weighted by molar-refractivity contribution is 5.74. The maximum absolute atomic E-state index is 12.3. The van der Waals surface area contributed by atoms with E-state index in [0.717, 1.165) is 38.1 Å². The molecule has 0 radical (unpaired) electrons. The van der Waals surface area contributed by atoms with Gasteiger partial charge >= 0.3 is 6.03 Å². The molecular formula is C18H31N3O. The van der Waals surface area contributed by atoms with Crippen molar-refractivity contribution in [2.24, 2.45) is 5.92 Å². The number of carbonyl (C=O) groups is 1. The molecule has 2 heterocycles. The number of fused-ring (bicyclic) bond motifs is 1. The van der Waals surface area contributed by atoms with Crippen LogP contribution in [0.3, 0.4) is 0 Å². The Balaban J connectivity index is 1.46. The fourth-order valence-electron chi connectivity index (χ4n) is 4.14. The van der Waals surface area contributed by atoms with Gasteiger partial charge in [0.2, 0.25) is 0 Å². The van der Waals surface area contributed by atoms with E-state index in [1.54, 1.807) is 0 Å². The molecule has 2 saturated heterocycles. The zero-order valence-corrected chi connectivity index (χ0v) is 14.2. The number of amides is 2. The van der Waals surface area contributed by atoms with Crippen molar-refractivity contribution < 1.29 is 4.79 Å². The van der Waals surface area contributed by atoms with E-state index in [1.807, 2.05) is 0 Å². The highest BCUT2D eigenvalue weighted by Crippen LogP contribution is 2.38. The summed E-state index contributed by atoms with van der Waals surface area (Å²) in [4.78, 5) is 17.1. The molecule has 22 heavy (non-hydrogen) atoms. The minimum atomic E-state index is 0.143. The first-order chi connectivity index (χ1) is 10.6. The van der Waals surface area contributed by atoms with Gasteiger partial charge in [0.1, 0.15) is 0 Å².